The number of nitrogens with two attached hydrogens (primary N) is 1. The fourth-order valence-corrected chi connectivity index (χ4v) is 1.73. The van der Waals surface area contributed by atoms with Gasteiger partial charge in [0.15, 0.2) is 0 Å². The Kier molecular flexibility index (Phi) is 1.14. The molecular weight excluding hydrogens is 146 g/mol. The summed E-state index contributed by atoms with van der Waals surface area (Å²) in [4.78, 5) is 4.03. The van der Waals surface area contributed by atoms with Crippen molar-refractivity contribution in [2.45, 2.75) is 0 Å². The molecule has 2 rings (SSSR count). The highest BCUT2D eigenvalue weighted by Gasteiger charge is 2.09. The molecule has 0 aliphatic carbocycles. The highest BCUT2D eigenvalue weighted by Crippen LogP contribution is 2.22. The molecule has 1 aliphatic heterocycles. The molecule has 0 unspecified atom stereocenters. The Labute approximate surface area is 62.6 Å². The first-order valence-corrected chi connectivity index (χ1v) is 3.92. The molecule has 0 saturated heterocycles. The Balaban J connectivity index is 2.55. The van der Waals surface area contributed by atoms with E-state index in [1.165, 1.54) is 0 Å². The van der Waals surface area contributed by atoms with Gasteiger partial charge in [-0.3, -0.25) is 0 Å². The molecule has 1 aromatic rings. The second kappa shape index (κ2) is 1.98. The lowest BCUT2D eigenvalue weighted by atomic mass is 10.2. The van der Waals surface area contributed by atoms with Gasteiger partial charge in [0.1, 0.15) is 12.5 Å². The fourth-order valence-electron chi connectivity index (χ4n) is 0.927. The van der Waals surface area contributed by atoms with E-state index in [4.69, 9.17) is 5.73 Å². The maximum absolute atomic E-state index is 5.61. The summed E-state index contributed by atoms with van der Waals surface area (Å²) >= 11 is 1.64. The number of anilines is 1. The lowest BCUT2D eigenvalue weighted by molar-refractivity contribution is 1.11. The highest BCUT2D eigenvalue weighted by atomic mass is 32.1. The molecule has 0 radical (unpaired) electrons. The molecule has 0 saturated carbocycles. The Hall–Kier alpha value is -1.03. The first kappa shape index (κ1) is 5.73. The third-order valence-corrected chi connectivity index (χ3v) is 2.20. The lowest BCUT2D eigenvalue weighted by Gasteiger charge is -2.10. The van der Waals surface area contributed by atoms with Gasteiger partial charge in [-0.05, 0) is 0 Å². The van der Waals surface area contributed by atoms with E-state index in [9.17, 15) is 0 Å². The summed E-state index contributed by atoms with van der Waals surface area (Å²) in [7, 11) is 0. The molecule has 2 heterocycles. The summed E-state index contributed by atoms with van der Waals surface area (Å²) in [5.74, 6) is 0.648. The Bertz CT molecular complexity index is 276. The molecule has 0 fully saturated rings. The highest BCUT2D eigenvalue weighted by molar-refractivity contribution is 7.08. The van der Waals surface area contributed by atoms with E-state index >= 15 is 0 Å². The second-order valence-electron chi connectivity index (χ2n) is 2.08. The number of hydrogen-bond acceptors (Lipinski definition) is 4. The van der Waals surface area contributed by atoms with Gasteiger partial charge >= 0.3 is 0 Å². The maximum Gasteiger partial charge on any atom is 0.130 e. The number of nitrogens with one attached hydrogen (secondary N) is 1. The van der Waals surface area contributed by atoms with Crippen LogP contribution in [-0.2, 0) is 0 Å². The van der Waals surface area contributed by atoms with Gasteiger partial charge < -0.3 is 11.1 Å². The zero-order valence-corrected chi connectivity index (χ0v) is 6.11. The first-order chi connectivity index (χ1) is 4.88. The molecule has 4 heteroatoms. The smallest absolute Gasteiger partial charge is 0.130 e. The van der Waals surface area contributed by atoms with E-state index in [0.717, 1.165) is 11.3 Å². The van der Waals surface area contributed by atoms with Crippen LogP contribution in [-0.4, -0.2) is 12.5 Å². The first-order valence-electron chi connectivity index (χ1n) is 2.98. The Morgan fingerprint density at radius 1 is 1.60 bits per heavy atom. The van der Waals surface area contributed by atoms with Crippen molar-refractivity contribution in [2.24, 2.45) is 10.7 Å². The van der Waals surface area contributed by atoms with Crippen LogP contribution in [0.2, 0.25) is 0 Å². The van der Waals surface area contributed by atoms with Gasteiger partial charge in [0, 0.05) is 10.8 Å². The second-order valence-corrected chi connectivity index (χ2v) is 2.82. The van der Waals surface area contributed by atoms with Crippen molar-refractivity contribution in [3.63, 3.8) is 0 Å². The van der Waals surface area contributed by atoms with Gasteiger partial charge in [0.25, 0.3) is 0 Å². The quantitative estimate of drug-likeness (QED) is 0.580. The minimum atomic E-state index is 0.607. The van der Waals surface area contributed by atoms with Gasteiger partial charge in [0.2, 0.25) is 0 Å². The number of hydrogen-bond donors (Lipinski definition) is 2. The van der Waals surface area contributed by atoms with Crippen LogP contribution in [0.3, 0.4) is 0 Å². The lowest BCUT2D eigenvalue weighted by Crippen LogP contribution is -2.20. The molecule has 0 amide bonds. The van der Waals surface area contributed by atoms with Crippen molar-refractivity contribution in [3.05, 3.63) is 16.3 Å². The number of rotatable bonds is 0. The fraction of sp³-hybridized carbons (Fsp3) is 0.167. The van der Waals surface area contributed by atoms with Gasteiger partial charge in [0.05, 0.1) is 11.3 Å². The summed E-state index contributed by atoms with van der Waals surface area (Å²) in [5.41, 5.74) is 7.75. The minimum absolute atomic E-state index is 0.607. The SMILES string of the molecule is NC1=NCNc2cscc21. The summed E-state index contributed by atoms with van der Waals surface area (Å²) in [6, 6.07) is 0. The molecule has 0 spiro atoms. The molecule has 0 aromatic carbocycles. The van der Waals surface area contributed by atoms with Gasteiger partial charge in [-0.25, -0.2) is 4.99 Å². The molecule has 0 atom stereocenters. The zero-order valence-electron chi connectivity index (χ0n) is 5.29. The zero-order chi connectivity index (χ0) is 6.97. The van der Waals surface area contributed by atoms with E-state index in [1.807, 2.05) is 10.8 Å². The van der Waals surface area contributed by atoms with Crippen LogP contribution in [0.4, 0.5) is 5.69 Å². The largest absolute Gasteiger partial charge is 0.383 e. The molecule has 52 valence electrons. The monoisotopic (exact) mass is 153 g/mol. The van der Waals surface area contributed by atoms with Crippen molar-refractivity contribution in [1.29, 1.82) is 0 Å². The predicted octanol–water partition coefficient (Wildman–Crippen LogP) is 0.836. The van der Waals surface area contributed by atoms with E-state index in [2.05, 4.69) is 10.3 Å². The molecule has 3 N–H and O–H groups in total. The normalized spacial score (nSPS) is 15.4. The van der Waals surface area contributed by atoms with Crippen LogP contribution in [0.15, 0.2) is 15.8 Å². The molecular formula is C6H7N3S. The van der Waals surface area contributed by atoms with Crippen LogP contribution < -0.4 is 11.1 Å². The molecule has 0 bridgehead atoms. The van der Waals surface area contributed by atoms with Crippen molar-refractivity contribution in [3.8, 4) is 0 Å². The maximum atomic E-state index is 5.61. The van der Waals surface area contributed by atoms with Crippen molar-refractivity contribution in [1.82, 2.24) is 0 Å². The van der Waals surface area contributed by atoms with Gasteiger partial charge in [-0.2, -0.15) is 0 Å². The van der Waals surface area contributed by atoms with Crippen LogP contribution in [0.25, 0.3) is 0 Å². The van der Waals surface area contributed by atoms with Crippen molar-refractivity contribution >= 4 is 22.9 Å². The number of amidine groups is 1. The summed E-state index contributed by atoms with van der Waals surface area (Å²) < 4.78 is 0. The average Bonchev–Trinajstić information content (AvgIpc) is 2.36. The van der Waals surface area contributed by atoms with Crippen LogP contribution in [0.1, 0.15) is 5.56 Å². The van der Waals surface area contributed by atoms with Gasteiger partial charge in [-0.15, -0.1) is 11.3 Å². The molecule has 10 heavy (non-hydrogen) atoms. The third kappa shape index (κ3) is 0.690. The summed E-state index contributed by atoms with van der Waals surface area (Å²) in [5, 5.41) is 7.15. The average molecular weight is 153 g/mol. The molecule has 3 nitrogen and oxygen atoms in total. The van der Waals surface area contributed by atoms with Crippen molar-refractivity contribution in [2.75, 3.05) is 12.0 Å². The van der Waals surface area contributed by atoms with E-state index in [-0.39, 0.29) is 0 Å². The number of thiophene rings is 1. The Morgan fingerprint density at radius 3 is 3.30 bits per heavy atom. The van der Waals surface area contributed by atoms with E-state index in [0.29, 0.717) is 12.5 Å². The minimum Gasteiger partial charge on any atom is -0.383 e. The topological polar surface area (TPSA) is 50.4 Å². The standard InChI is InChI=1S/C6H7N3S/c7-6-4-1-10-2-5(4)8-3-9-6/h1-2,8H,3H2,(H2,7,9). The number of nitrogens with zero attached hydrogens (tertiary/aromatic N) is 1. The van der Waals surface area contributed by atoms with Crippen LogP contribution in [0, 0.1) is 0 Å². The van der Waals surface area contributed by atoms with Crippen LogP contribution >= 0.6 is 11.3 Å². The summed E-state index contributed by atoms with van der Waals surface area (Å²) in [6.07, 6.45) is 0. The molecule has 1 aliphatic rings. The summed E-state index contributed by atoms with van der Waals surface area (Å²) in [6.45, 7) is 0.607. The number of fused-ring (bicyclic) bond motifs is 1. The van der Waals surface area contributed by atoms with E-state index in [1.54, 1.807) is 11.3 Å². The van der Waals surface area contributed by atoms with Gasteiger partial charge in [-0.1, -0.05) is 0 Å². The number of aliphatic imine (C=N–C) groups is 1. The Morgan fingerprint density at radius 2 is 2.50 bits per heavy atom. The predicted molar refractivity (Wildman–Crippen MR) is 43.5 cm³/mol. The molecule has 1 aromatic heterocycles. The van der Waals surface area contributed by atoms with Crippen molar-refractivity contribution < 1.29 is 0 Å². The van der Waals surface area contributed by atoms with E-state index < -0.39 is 0 Å². The van der Waals surface area contributed by atoms with Crippen LogP contribution in [0.5, 0.6) is 0 Å². The third-order valence-electron chi connectivity index (χ3n) is 1.46.